The highest BCUT2D eigenvalue weighted by molar-refractivity contribution is 9.09. The molecule has 1 aromatic rings. The molecule has 3 unspecified atom stereocenters. The maximum Gasteiger partial charge on any atom is 0.120 e. The van der Waals surface area contributed by atoms with Gasteiger partial charge in [-0.25, -0.2) is 0 Å². The quantitative estimate of drug-likeness (QED) is 0.760. The van der Waals surface area contributed by atoms with Gasteiger partial charge < -0.3 is 9.47 Å². The van der Waals surface area contributed by atoms with Crippen LogP contribution in [0.5, 0.6) is 5.75 Å². The number of benzene rings is 1. The molecular weight excluding hydrogens is 292 g/mol. The van der Waals surface area contributed by atoms with Crippen LogP contribution in [0.4, 0.5) is 0 Å². The molecule has 0 radical (unpaired) electrons. The molecule has 0 heterocycles. The summed E-state index contributed by atoms with van der Waals surface area (Å²) in [5, 5.41) is 0. The van der Waals surface area contributed by atoms with Crippen LogP contribution in [0.25, 0.3) is 0 Å². The second-order valence-corrected chi connectivity index (χ2v) is 6.35. The second kappa shape index (κ2) is 5.62. The van der Waals surface area contributed by atoms with E-state index in [1.54, 1.807) is 7.11 Å². The van der Waals surface area contributed by atoms with Crippen molar-refractivity contribution in [2.45, 2.75) is 44.2 Å². The molecule has 1 saturated carbocycles. The highest BCUT2D eigenvalue weighted by Gasteiger charge is 2.50. The molecule has 0 amide bonds. The van der Waals surface area contributed by atoms with Crippen LogP contribution in [0.3, 0.4) is 0 Å². The second-order valence-electron chi connectivity index (χ2n) is 5.25. The molecule has 2 rings (SSSR count). The smallest absolute Gasteiger partial charge is 0.120 e. The van der Waals surface area contributed by atoms with Gasteiger partial charge in [0.1, 0.15) is 11.9 Å². The van der Waals surface area contributed by atoms with E-state index in [0.29, 0.717) is 17.5 Å². The van der Waals surface area contributed by atoms with Gasteiger partial charge in [-0.1, -0.05) is 41.9 Å². The van der Waals surface area contributed by atoms with Crippen molar-refractivity contribution in [3.63, 3.8) is 0 Å². The van der Waals surface area contributed by atoms with Crippen molar-refractivity contribution in [1.29, 1.82) is 0 Å². The molecule has 1 aliphatic carbocycles. The molecule has 0 bridgehead atoms. The molecule has 1 aliphatic rings. The van der Waals surface area contributed by atoms with Crippen molar-refractivity contribution in [3.05, 3.63) is 29.8 Å². The molecule has 18 heavy (non-hydrogen) atoms. The normalized spacial score (nSPS) is 30.9. The van der Waals surface area contributed by atoms with E-state index in [4.69, 9.17) is 9.47 Å². The Bertz CT molecular complexity index is 407. The third-order valence-electron chi connectivity index (χ3n) is 4.12. The van der Waals surface area contributed by atoms with E-state index < -0.39 is 0 Å². The Morgan fingerprint density at radius 1 is 1.44 bits per heavy atom. The first-order chi connectivity index (χ1) is 8.60. The summed E-state index contributed by atoms with van der Waals surface area (Å²) in [6.45, 7) is 5.15. The van der Waals surface area contributed by atoms with Crippen molar-refractivity contribution < 1.29 is 9.47 Å². The van der Waals surface area contributed by atoms with Crippen molar-refractivity contribution in [2.75, 3.05) is 7.11 Å². The molecule has 0 aromatic heterocycles. The van der Waals surface area contributed by atoms with Crippen LogP contribution in [0, 0.1) is 5.41 Å². The first-order valence-electron chi connectivity index (χ1n) is 6.48. The number of rotatable bonds is 5. The van der Waals surface area contributed by atoms with Crippen LogP contribution in [-0.4, -0.2) is 18.0 Å². The fourth-order valence-corrected chi connectivity index (χ4v) is 3.40. The molecule has 3 heteroatoms. The van der Waals surface area contributed by atoms with E-state index in [2.05, 4.69) is 41.9 Å². The van der Waals surface area contributed by atoms with Crippen LogP contribution in [0.15, 0.2) is 24.3 Å². The van der Waals surface area contributed by atoms with Gasteiger partial charge in [0.2, 0.25) is 0 Å². The van der Waals surface area contributed by atoms with Gasteiger partial charge >= 0.3 is 0 Å². The van der Waals surface area contributed by atoms with E-state index in [1.807, 2.05) is 12.1 Å². The first kappa shape index (κ1) is 13.9. The van der Waals surface area contributed by atoms with Crippen LogP contribution < -0.4 is 4.74 Å². The van der Waals surface area contributed by atoms with Crippen LogP contribution in [0.1, 0.15) is 32.3 Å². The summed E-state index contributed by atoms with van der Waals surface area (Å²) in [6.07, 6.45) is 2.52. The van der Waals surface area contributed by atoms with E-state index >= 15 is 0 Å². The van der Waals surface area contributed by atoms with E-state index in [9.17, 15) is 0 Å². The predicted octanol–water partition coefficient (Wildman–Crippen LogP) is 4.16. The topological polar surface area (TPSA) is 18.5 Å². The van der Waals surface area contributed by atoms with Gasteiger partial charge in [0.15, 0.2) is 0 Å². The highest BCUT2D eigenvalue weighted by atomic mass is 79.9. The molecule has 0 spiro atoms. The van der Waals surface area contributed by atoms with Crippen molar-refractivity contribution in [2.24, 2.45) is 5.41 Å². The molecule has 2 nitrogen and oxygen atoms in total. The Balaban J connectivity index is 2.04. The largest absolute Gasteiger partial charge is 0.490 e. The van der Waals surface area contributed by atoms with Crippen LogP contribution in [-0.2, 0) is 11.3 Å². The van der Waals surface area contributed by atoms with Gasteiger partial charge in [-0.15, -0.1) is 0 Å². The Morgan fingerprint density at radius 2 is 2.22 bits per heavy atom. The first-order valence-corrected chi connectivity index (χ1v) is 7.40. The Kier molecular flexibility index (Phi) is 4.33. The van der Waals surface area contributed by atoms with E-state index in [-0.39, 0.29) is 5.41 Å². The minimum absolute atomic E-state index is 0.247. The lowest BCUT2D eigenvalue weighted by Crippen LogP contribution is -2.54. The maximum absolute atomic E-state index is 6.13. The maximum atomic E-state index is 6.13. The summed E-state index contributed by atoms with van der Waals surface area (Å²) in [4.78, 5) is 0.571. The molecule has 0 saturated heterocycles. The van der Waals surface area contributed by atoms with Gasteiger partial charge in [-0.05, 0) is 30.5 Å². The van der Waals surface area contributed by atoms with Gasteiger partial charge in [0, 0.05) is 17.4 Å². The lowest BCUT2D eigenvalue weighted by Gasteiger charge is -2.50. The highest BCUT2D eigenvalue weighted by Crippen LogP contribution is 2.50. The number of halogens is 1. The van der Waals surface area contributed by atoms with Crippen LogP contribution >= 0.6 is 15.9 Å². The molecule has 100 valence electrons. The zero-order chi connectivity index (χ0) is 13.2. The summed E-state index contributed by atoms with van der Waals surface area (Å²) in [5.74, 6) is 0.952. The summed E-state index contributed by atoms with van der Waals surface area (Å²) >= 11 is 3.74. The number of hydrogen-bond donors (Lipinski definition) is 0. The lowest BCUT2D eigenvalue weighted by molar-refractivity contribution is -0.0244. The average Bonchev–Trinajstić information content (AvgIpc) is 2.38. The number of methoxy groups -OCH3 is 1. The minimum Gasteiger partial charge on any atom is -0.490 e. The van der Waals surface area contributed by atoms with Gasteiger partial charge in [0.25, 0.3) is 0 Å². The van der Waals surface area contributed by atoms with Crippen molar-refractivity contribution >= 4 is 15.9 Å². The molecular formula is C15H21BrO2. The third-order valence-corrected chi connectivity index (χ3v) is 5.54. The molecule has 3 atom stereocenters. The number of ether oxygens (including phenoxy) is 2. The Labute approximate surface area is 118 Å². The lowest BCUT2D eigenvalue weighted by atomic mass is 9.65. The minimum atomic E-state index is 0.247. The number of hydrogen-bond acceptors (Lipinski definition) is 2. The predicted molar refractivity (Wildman–Crippen MR) is 77.3 cm³/mol. The fourth-order valence-electron chi connectivity index (χ4n) is 2.44. The summed E-state index contributed by atoms with van der Waals surface area (Å²) in [5.41, 5.74) is 1.40. The molecule has 0 N–H and O–H groups in total. The van der Waals surface area contributed by atoms with E-state index in [1.165, 1.54) is 0 Å². The average molecular weight is 313 g/mol. The van der Waals surface area contributed by atoms with Gasteiger partial charge in [-0.2, -0.15) is 0 Å². The standard InChI is InChI=1S/C15H21BrO2/c1-4-15(2)13(16)9-14(15)18-12-7-5-6-11(8-12)10-17-3/h5-8,13-14H,4,9-10H2,1-3H3. The monoisotopic (exact) mass is 312 g/mol. The van der Waals surface area contributed by atoms with Gasteiger partial charge in [-0.3, -0.25) is 0 Å². The summed E-state index contributed by atoms with van der Waals surface area (Å²) in [6, 6.07) is 8.18. The SMILES string of the molecule is CCC1(C)C(Br)CC1Oc1cccc(COC)c1. The Morgan fingerprint density at radius 3 is 2.83 bits per heavy atom. The Hall–Kier alpha value is -0.540. The number of alkyl halides is 1. The molecule has 1 aromatic carbocycles. The van der Waals surface area contributed by atoms with Crippen molar-refractivity contribution in [1.82, 2.24) is 0 Å². The van der Waals surface area contributed by atoms with Crippen LogP contribution in [0.2, 0.25) is 0 Å². The zero-order valence-electron chi connectivity index (χ0n) is 11.3. The van der Waals surface area contributed by atoms with Gasteiger partial charge in [0.05, 0.1) is 6.61 Å². The zero-order valence-corrected chi connectivity index (χ0v) is 12.9. The molecule has 1 fully saturated rings. The van der Waals surface area contributed by atoms with Crippen molar-refractivity contribution in [3.8, 4) is 5.75 Å². The molecule has 0 aliphatic heterocycles. The van der Waals surface area contributed by atoms with E-state index in [0.717, 1.165) is 24.2 Å². The third kappa shape index (κ3) is 2.57. The summed E-state index contributed by atoms with van der Waals surface area (Å²) < 4.78 is 11.3. The summed E-state index contributed by atoms with van der Waals surface area (Å²) in [7, 11) is 1.71. The fraction of sp³-hybridized carbons (Fsp3) is 0.600.